The topological polar surface area (TPSA) is 55.1 Å². The molecule has 0 fully saturated rings. The fourth-order valence-electron chi connectivity index (χ4n) is 1.59. The van der Waals surface area contributed by atoms with E-state index in [0.717, 1.165) is 10.0 Å². The molecule has 0 aliphatic carbocycles. The molecule has 1 amide bonds. The van der Waals surface area contributed by atoms with Crippen LogP contribution in [0.15, 0.2) is 40.9 Å². The number of carbonyl (C=O) groups is 1. The maximum Gasteiger partial charge on any atom is 0.255 e. The van der Waals surface area contributed by atoms with Gasteiger partial charge in [-0.3, -0.25) is 4.79 Å². The van der Waals surface area contributed by atoms with Crippen LogP contribution in [0.25, 0.3) is 0 Å². The van der Waals surface area contributed by atoms with Crippen LogP contribution in [0, 0.1) is 6.92 Å². The molecule has 0 saturated carbocycles. The molecule has 3 N–H and O–H groups in total. The van der Waals surface area contributed by atoms with E-state index < -0.39 is 0 Å². The van der Waals surface area contributed by atoms with Gasteiger partial charge in [-0.15, -0.1) is 0 Å². The van der Waals surface area contributed by atoms with Gasteiger partial charge in [0.2, 0.25) is 0 Å². The summed E-state index contributed by atoms with van der Waals surface area (Å²) in [6, 6.07) is 10.4. The van der Waals surface area contributed by atoms with Crippen molar-refractivity contribution in [2.75, 3.05) is 11.1 Å². The molecular weight excluding hydrogens is 328 g/mol. The lowest BCUT2D eigenvalue weighted by molar-refractivity contribution is 0.102. The molecule has 2 rings (SSSR count). The Morgan fingerprint density at radius 1 is 1.26 bits per heavy atom. The van der Waals surface area contributed by atoms with Gasteiger partial charge in [-0.2, -0.15) is 0 Å². The van der Waals surface area contributed by atoms with Crippen LogP contribution in [-0.2, 0) is 0 Å². The molecule has 98 valence electrons. The van der Waals surface area contributed by atoms with Gasteiger partial charge in [-0.1, -0.05) is 11.6 Å². The number of aryl methyl sites for hydroxylation is 1. The average molecular weight is 340 g/mol. The van der Waals surface area contributed by atoms with Crippen molar-refractivity contribution in [2.45, 2.75) is 6.92 Å². The van der Waals surface area contributed by atoms with Crippen LogP contribution in [-0.4, -0.2) is 5.91 Å². The summed E-state index contributed by atoms with van der Waals surface area (Å²) >= 11 is 9.25. The minimum absolute atomic E-state index is 0.184. The summed E-state index contributed by atoms with van der Waals surface area (Å²) in [6.45, 7) is 1.86. The lowest BCUT2D eigenvalue weighted by Gasteiger charge is -2.08. The van der Waals surface area contributed by atoms with Crippen molar-refractivity contribution in [3.05, 3.63) is 57.0 Å². The van der Waals surface area contributed by atoms with Crippen molar-refractivity contribution in [2.24, 2.45) is 0 Å². The molecule has 3 nitrogen and oxygen atoms in total. The summed E-state index contributed by atoms with van der Waals surface area (Å²) in [5.74, 6) is -0.184. The van der Waals surface area contributed by atoms with Crippen LogP contribution < -0.4 is 11.1 Å². The monoisotopic (exact) mass is 338 g/mol. The Balaban J connectivity index is 2.20. The van der Waals surface area contributed by atoms with Crippen LogP contribution >= 0.6 is 27.5 Å². The highest BCUT2D eigenvalue weighted by molar-refractivity contribution is 9.10. The number of benzene rings is 2. The van der Waals surface area contributed by atoms with Gasteiger partial charge in [0, 0.05) is 26.4 Å². The van der Waals surface area contributed by atoms with Gasteiger partial charge in [0.1, 0.15) is 0 Å². The number of rotatable bonds is 2. The molecular formula is C14H12BrClN2O. The zero-order chi connectivity index (χ0) is 14.0. The maximum atomic E-state index is 12.1. The number of nitrogens with two attached hydrogens (primary N) is 1. The molecule has 0 bridgehead atoms. The first kappa shape index (κ1) is 13.9. The highest BCUT2D eigenvalue weighted by Gasteiger charge is 2.08. The van der Waals surface area contributed by atoms with Gasteiger partial charge in [-0.25, -0.2) is 0 Å². The maximum absolute atomic E-state index is 12.1. The Kier molecular flexibility index (Phi) is 4.12. The zero-order valence-electron chi connectivity index (χ0n) is 10.2. The predicted molar refractivity (Wildman–Crippen MR) is 82.7 cm³/mol. The largest absolute Gasteiger partial charge is 0.398 e. The molecule has 5 heteroatoms. The summed E-state index contributed by atoms with van der Waals surface area (Å²) in [5.41, 5.74) is 8.43. The molecule has 0 aliphatic heterocycles. The second-order valence-electron chi connectivity index (χ2n) is 4.15. The molecule has 0 aromatic heterocycles. The fraction of sp³-hybridized carbons (Fsp3) is 0.0714. The van der Waals surface area contributed by atoms with E-state index in [-0.39, 0.29) is 5.91 Å². The van der Waals surface area contributed by atoms with Gasteiger partial charge < -0.3 is 11.1 Å². The number of hydrogen-bond acceptors (Lipinski definition) is 2. The van der Waals surface area contributed by atoms with E-state index in [2.05, 4.69) is 21.2 Å². The first-order valence-corrected chi connectivity index (χ1v) is 6.77. The van der Waals surface area contributed by atoms with E-state index >= 15 is 0 Å². The van der Waals surface area contributed by atoms with Crippen LogP contribution in [0.4, 0.5) is 11.4 Å². The number of halogens is 2. The summed E-state index contributed by atoms with van der Waals surface area (Å²) in [4.78, 5) is 12.1. The highest BCUT2D eigenvalue weighted by Crippen LogP contribution is 2.24. The first-order valence-electron chi connectivity index (χ1n) is 5.60. The molecule has 0 atom stereocenters. The minimum Gasteiger partial charge on any atom is -0.398 e. The van der Waals surface area contributed by atoms with Crippen molar-refractivity contribution in [1.82, 2.24) is 0 Å². The third-order valence-electron chi connectivity index (χ3n) is 2.68. The number of nitrogen functional groups attached to an aromatic ring is 1. The van der Waals surface area contributed by atoms with Crippen molar-refractivity contribution >= 4 is 44.8 Å². The second-order valence-corrected chi connectivity index (χ2v) is 5.42. The Labute approximate surface area is 124 Å². The Morgan fingerprint density at radius 2 is 2.00 bits per heavy atom. The van der Waals surface area contributed by atoms with E-state index in [1.165, 1.54) is 0 Å². The number of anilines is 2. The van der Waals surface area contributed by atoms with Crippen molar-refractivity contribution < 1.29 is 4.79 Å². The molecule has 2 aromatic carbocycles. The van der Waals surface area contributed by atoms with E-state index in [0.29, 0.717) is 22.0 Å². The lowest BCUT2D eigenvalue weighted by Crippen LogP contribution is -2.12. The van der Waals surface area contributed by atoms with Crippen molar-refractivity contribution in [1.29, 1.82) is 0 Å². The van der Waals surface area contributed by atoms with Crippen molar-refractivity contribution in [3.8, 4) is 0 Å². The molecule has 0 aliphatic rings. The van der Waals surface area contributed by atoms with Crippen molar-refractivity contribution in [3.63, 3.8) is 0 Å². The lowest BCUT2D eigenvalue weighted by atomic mass is 10.1. The second kappa shape index (κ2) is 5.63. The molecule has 0 radical (unpaired) electrons. The zero-order valence-corrected chi connectivity index (χ0v) is 12.5. The molecule has 2 aromatic rings. The number of hydrogen-bond donors (Lipinski definition) is 2. The average Bonchev–Trinajstić information content (AvgIpc) is 2.37. The highest BCUT2D eigenvalue weighted by atomic mass is 79.9. The summed E-state index contributed by atoms with van der Waals surface area (Å²) < 4.78 is 0.748. The van der Waals surface area contributed by atoms with Crippen LogP contribution in [0.2, 0.25) is 5.02 Å². The van der Waals surface area contributed by atoms with E-state index in [9.17, 15) is 4.79 Å². The minimum atomic E-state index is -0.184. The molecule has 0 heterocycles. The van der Waals surface area contributed by atoms with Crippen LogP contribution in [0.5, 0.6) is 0 Å². The third-order valence-corrected chi connectivity index (χ3v) is 3.79. The standard InChI is InChI=1S/C14H12BrClN2O/c1-8-6-9(2-4-12(8)16)14(19)18-10-3-5-13(17)11(15)7-10/h2-7H,17H2,1H3,(H,18,19). The Bertz CT molecular complexity index is 643. The summed E-state index contributed by atoms with van der Waals surface area (Å²) in [6.07, 6.45) is 0. The molecule has 0 saturated heterocycles. The number of amides is 1. The predicted octanol–water partition coefficient (Wildman–Crippen LogP) is 4.25. The summed E-state index contributed by atoms with van der Waals surface area (Å²) in [7, 11) is 0. The number of nitrogens with one attached hydrogen (secondary N) is 1. The molecule has 0 spiro atoms. The number of carbonyl (C=O) groups excluding carboxylic acids is 1. The van der Waals surface area contributed by atoms with Crippen LogP contribution in [0.1, 0.15) is 15.9 Å². The molecule has 19 heavy (non-hydrogen) atoms. The molecule has 0 unspecified atom stereocenters. The van der Waals surface area contributed by atoms with Gasteiger partial charge >= 0.3 is 0 Å². The fourth-order valence-corrected chi connectivity index (χ4v) is 2.09. The first-order chi connectivity index (χ1) is 8.97. The van der Waals surface area contributed by atoms with Gasteiger partial charge in [0.05, 0.1) is 0 Å². The Hall–Kier alpha value is -1.52. The summed E-state index contributed by atoms with van der Waals surface area (Å²) in [5, 5.41) is 3.45. The Morgan fingerprint density at radius 3 is 2.63 bits per heavy atom. The van der Waals surface area contributed by atoms with Crippen LogP contribution in [0.3, 0.4) is 0 Å². The third kappa shape index (κ3) is 3.28. The van der Waals surface area contributed by atoms with E-state index in [4.69, 9.17) is 17.3 Å². The van der Waals surface area contributed by atoms with Gasteiger partial charge in [0.25, 0.3) is 5.91 Å². The van der Waals surface area contributed by atoms with E-state index in [1.807, 2.05) is 6.92 Å². The van der Waals surface area contributed by atoms with Gasteiger partial charge in [-0.05, 0) is 64.8 Å². The SMILES string of the molecule is Cc1cc(C(=O)Nc2ccc(N)c(Br)c2)ccc1Cl. The smallest absolute Gasteiger partial charge is 0.255 e. The normalized spacial score (nSPS) is 10.3. The van der Waals surface area contributed by atoms with E-state index in [1.54, 1.807) is 36.4 Å². The quantitative estimate of drug-likeness (QED) is 0.804. The van der Waals surface area contributed by atoms with Gasteiger partial charge in [0.15, 0.2) is 0 Å².